The van der Waals surface area contributed by atoms with Crippen LogP contribution < -0.4 is 0 Å². The molecule has 12 aromatic carbocycles. The number of hydrogen-bond acceptors (Lipinski definition) is 8. The first-order chi connectivity index (χ1) is 45.9. The molecule has 0 atom stereocenters. The molecule has 14 aromatic rings. The van der Waals surface area contributed by atoms with Gasteiger partial charge >= 0.3 is 0 Å². The Morgan fingerprint density at radius 2 is 0.415 bits per heavy atom. The molecule has 448 valence electrons. The van der Waals surface area contributed by atoms with Crippen molar-refractivity contribution in [3.05, 3.63) is 348 Å². The summed E-state index contributed by atoms with van der Waals surface area (Å²) in [5.41, 5.74) is 21.2. The van der Waals surface area contributed by atoms with Crippen LogP contribution in [0.15, 0.2) is 303 Å². The van der Waals surface area contributed by atoms with Gasteiger partial charge in [-0.15, -0.1) is 0 Å². The molecule has 0 amide bonds. The summed E-state index contributed by atoms with van der Waals surface area (Å²) in [6.07, 6.45) is 0. The van der Waals surface area contributed by atoms with Gasteiger partial charge in [-0.1, -0.05) is 301 Å². The molecule has 0 N–H and O–H groups in total. The molecule has 0 spiro atoms. The largest absolute Gasteiger partial charge is 0.289 e. The van der Waals surface area contributed by atoms with Crippen LogP contribution in [0.5, 0.6) is 0 Å². The highest BCUT2D eigenvalue weighted by Gasteiger charge is 2.38. The second-order valence-corrected chi connectivity index (χ2v) is 24.9. The fraction of sp³-hybridized carbons (Fsp3) is 0.0698. The van der Waals surface area contributed by atoms with E-state index in [1.54, 1.807) is 0 Å². The normalized spacial score (nSPS) is 13.1. The highest BCUT2D eigenvalue weighted by molar-refractivity contribution is 6.14. The third kappa shape index (κ3) is 11.1. The SMILES string of the molecule is CC1(C)c2ccccc2C(=O)c2ccc(-c3cccc(-c4ccc(-c5nc(-c6ccccc6)nc(-c6ccccc6)n5)cc4)c3)cc21.CC1(C)c2ccccc2C(=O)c2ccc(-c3cccc(-c4cccc(-c5nc(-c6ccccc6)nc(-c6ccccc6)n5)c4)c3)cc21. The lowest BCUT2D eigenvalue weighted by atomic mass is 9.68. The van der Waals surface area contributed by atoms with Crippen LogP contribution in [0.4, 0.5) is 0 Å². The Balaban J connectivity index is 0.000000155. The minimum atomic E-state index is -0.288. The van der Waals surface area contributed by atoms with Crippen LogP contribution in [0, 0.1) is 0 Å². The molecule has 0 fully saturated rings. The molecule has 0 saturated carbocycles. The predicted molar refractivity (Wildman–Crippen MR) is 378 cm³/mol. The summed E-state index contributed by atoms with van der Waals surface area (Å²) in [5, 5.41) is 0. The second kappa shape index (κ2) is 24.3. The molecule has 8 heteroatoms. The molecule has 2 aliphatic rings. The molecule has 94 heavy (non-hydrogen) atoms. The van der Waals surface area contributed by atoms with E-state index in [0.717, 1.165) is 122 Å². The quantitative estimate of drug-likeness (QED) is 0.133. The van der Waals surface area contributed by atoms with E-state index in [2.05, 4.69) is 155 Å². The average Bonchev–Trinajstić information content (AvgIpc) is 0.746. The van der Waals surface area contributed by atoms with Crippen LogP contribution in [0.3, 0.4) is 0 Å². The van der Waals surface area contributed by atoms with Gasteiger partial charge in [0, 0.05) is 66.5 Å². The van der Waals surface area contributed by atoms with Crippen molar-refractivity contribution in [1.82, 2.24) is 29.9 Å². The summed E-state index contributed by atoms with van der Waals surface area (Å²) >= 11 is 0. The van der Waals surface area contributed by atoms with Gasteiger partial charge in [0.25, 0.3) is 0 Å². The zero-order valence-corrected chi connectivity index (χ0v) is 52.4. The average molecular weight is 1210 g/mol. The standard InChI is InChI=1S/2C43H31N3O/c1-43(2)37-22-10-9-21-35(37)39(47)36-24-23-33(27-38(36)43)31-18-11-17-30(25-31)32-19-12-20-34(26-32)42-45-40(28-13-5-3-6-14-28)44-41(46-42)29-15-7-4-8-16-29;1-43(2)37-19-10-9-18-35(37)39(47)36-25-24-34(27-38(36)43)33-17-11-16-32(26-33)28-20-22-31(23-21-28)42-45-40(29-12-5-3-6-13-29)44-41(46-42)30-14-7-4-8-15-30/h2*3-27H,1-2H3. The van der Waals surface area contributed by atoms with Crippen molar-refractivity contribution >= 4 is 11.6 Å². The molecule has 0 saturated heterocycles. The minimum Gasteiger partial charge on any atom is -0.289 e. The molecule has 0 bridgehead atoms. The zero-order valence-electron chi connectivity index (χ0n) is 52.4. The van der Waals surface area contributed by atoms with Crippen LogP contribution in [-0.2, 0) is 10.8 Å². The molecule has 16 rings (SSSR count). The molecule has 2 heterocycles. The first-order valence-electron chi connectivity index (χ1n) is 31.7. The van der Waals surface area contributed by atoms with Crippen molar-refractivity contribution in [1.29, 1.82) is 0 Å². The van der Waals surface area contributed by atoms with E-state index in [4.69, 9.17) is 29.9 Å². The monoisotopic (exact) mass is 1210 g/mol. The topological polar surface area (TPSA) is 111 Å². The number of carbonyl (C=O) groups is 2. The van der Waals surface area contributed by atoms with Crippen LogP contribution in [0.25, 0.3) is 113 Å². The Hall–Kier alpha value is -12.0. The Morgan fingerprint density at radius 3 is 0.766 bits per heavy atom. The third-order valence-corrected chi connectivity index (χ3v) is 18.3. The summed E-state index contributed by atoms with van der Waals surface area (Å²) in [6, 6.07) is 102. The first-order valence-corrected chi connectivity index (χ1v) is 31.7. The fourth-order valence-corrected chi connectivity index (χ4v) is 13.2. The van der Waals surface area contributed by atoms with Crippen LogP contribution in [0.1, 0.15) is 81.8 Å². The Morgan fingerprint density at radius 1 is 0.191 bits per heavy atom. The van der Waals surface area contributed by atoms with Crippen molar-refractivity contribution in [3.8, 4) is 113 Å². The van der Waals surface area contributed by atoms with E-state index in [1.807, 2.05) is 176 Å². The van der Waals surface area contributed by atoms with Gasteiger partial charge in [-0.3, -0.25) is 9.59 Å². The fourth-order valence-electron chi connectivity index (χ4n) is 13.2. The van der Waals surface area contributed by atoms with Crippen LogP contribution >= 0.6 is 0 Å². The van der Waals surface area contributed by atoms with Crippen molar-refractivity contribution < 1.29 is 9.59 Å². The number of hydrogen-bond donors (Lipinski definition) is 0. The van der Waals surface area contributed by atoms with Gasteiger partial charge in [0.2, 0.25) is 0 Å². The van der Waals surface area contributed by atoms with Gasteiger partial charge in [0.15, 0.2) is 46.5 Å². The zero-order chi connectivity index (χ0) is 63.9. The number of nitrogens with zero attached hydrogens (tertiary/aromatic N) is 6. The smallest absolute Gasteiger partial charge is 0.193 e. The first kappa shape index (κ1) is 58.4. The van der Waals surface area contributed by atoms with Crippen molar-refractivity contribution in [2.45, 2.75) is 38.5 Å². The molecular weight excluding hydrogens is 1150 g/mol. The van der Waals surface area contributed by atoms with Crippen LogP contribution in [0.2, 0.25) is 0 Å². The van der Waals surface area contributed by atoms with E-state index in [1.165, 1.54) is 0 Å². The maximum absolute atomic E-state index is 13.4. The minimum absolute atomic E-state index is 0.0937. The molecule has 2 aliphatic carbocycles. The summed E-state index contributed by atoms with van der Waals surface area (Å²) in [7, 11) is 0. The number of benzene rings is 12. The Labute approximate surface area is 547 Å². The number of fused-ring (bicyclic) bond motifs is 4. The molecule has 0 radical (unpaired) electrons. The Kier molecular flexibility index (Phi) is 15.1. The highest BCUT2D eigenvalue weighted by atomic mass is 16.1. The van der Waals surface area contributed by atoms with Gasteiger partial charge in [-0.05, 0) is 97.1 Å². The van der Waals surface area contributed by atoms with Gasteiger partial charge in [-0.25, -0.2) is 29.9 Å². The summed E-state index contributed by atoms with van der Waals surface area (Å²) in [4.78, 5) is 56.1. The number of carbonyl (C=O) groups excluding carboxylic acids is 2. The van der Waals surface area contributed by atoms with E-state index in [9.17, 15) is 9.59 Å². The highest BCUT2D eigenvalue weighted by Crippen LogP contribution is 2.45. The third-order valence-electron chi connectivity index (χ3n) is 18.3. The summed E-state index contributed by atoms with van der Waals surface area (Å²) in [6.45, 7) is 8.82. The number of ketones is 2. The molecule has 0 aliphatic heterocycles. The number of aromatic nitrogens is 6. The lowest BCUT2D eigenvalue weighted by molar-refractivity contribution is 0.102. The van der Waals surface area contributed by atoms with Crippen molar-refractivity contribution in [3.63, 3.8) is 0 Å². The summed E-state index contributed by atoms with van der Waals surface area (Å²) in [5.74, 6) is 4.01. The van der Waals surface area contributed by atoms with Gasteiger partial charge in [-0.2, -0.15) is 0 Å². The summed E-state index contributed by atoms with van der Waals surface area (Å²) < 4.78 is 0. The lowest BCUT2D eigenvalue weighted by Crippen LogP contribution is -2.30. The van der Waals surface area contributed by atoms with Crippen LogP contribution in [-0.4, -0.2) is 41.5 Å². The molecule has 8 nitrogen and oxygen atoms in total. The van der Waals surface area contributed by atoms with Crippen molar-refractivity contribution in [2.24, 2.45) is 0 Å². The molecular formula is C86H62N6O2. The van der Waals surface area contributed by atoms with Crippen molar-refractivity contribution in [2.75, 3.05) is 0 Å². The Bertz CT molecular complexity index is 5110. The number of rotatable bonds is 10. The van der Waals surface area contributed by atoms with E-state index in [0.29, 0.717) is 34.9 Å². The van der Waals surface area contributed by atoms with E-state index in [-0.39, 0.29) is 22.4 Å². The van der Waals surface area contributed by atoms with E-state index < -0.39 is 0 Å². The van der Waals surface area contributed by atoms with E-state index >= 15 is 0 Å². The molecule has 0 unspecified atom stereocenters. The predicted octanol–water partition coefficient (Wildman–Crippen LogP) is 20.2. The lowest BCUT2D eigenvalue weighted by Gasteiger charge is -2.34. The van der Waals surface area contributed by atoms with Gasteiger partial charge in [0.1, 0.15) is 0 Å². The van der Waals surface area contributed by atoms with Gasteiger partial charge in [0.05, 0.1) is 0 Å². The second-order valence-electron chi connectivity index (χ2n) is 24.9. The maximum atomic E-state index is 13.4. The maximum Gasteiger partial charge on any atom is 0.193 e. The molecule has 2 aromatic heterocycles. The van der Waals surface area contributed by atoms with Gasteiger partial charge < -0.3 is 0 Å².